The highest BCUT2D eigenvalue weighted by atomic mass is 35.5. The number of halogens is 3. The summed E-state index contributed by atoms with van der Waals surface area (Å²) in [5.41, 5.74) is 0.246. The molecule has 0 aromatic heterocycles. The van der Waals surface area contributed by atoms with Crippen molar-refractivity contribution in [2.24, 2.45) is 0 Å². The summed E-state index contributed by atoms with van der Waals surface area (Å²) in [6.07, 6.45) is 0.930. The lowest BCUT2D eigenvalue weighted by Gasteiger charge is -2.31. The van der Waals surface area contributed by atoms with Crippen LogP contribution < -0.4 is 9.62 Å². The third-order valence-corrected chi connectivity index (χ3v) is 6.34. The van der Waals surface area contributed by atoms with Gasteiger partial charge in [0.25, 0.3) is 0 Å². The Bertz CT molecular complexity index is 1100. The second-order valence-electron chi connectivity index (χ2n) is 7.05. The van der Waals surface area contributed by atoms with E-state index in [1.165, 1.54) is 43.3 Å². The summed E-state index contributed by atoms with van der Waals surface area (Å²) in [7, 11) is -3.94. The lowest BCUT2D eigenvalue weighted by molar-refractivity contribution is -0.139. The number of amides is 2. The van der Waals surface area contributed by atoms with E-state index in [0.29, 0.717) is 11.6 Å². The van der Waals surface area contributed by atoms with E-state index in [2.05, 4.69) is 5.32 Å². The molecule has 2 rings (SSSR count). The number of likely N-dealkylation sites (N-methyl/N-ethyl adjacent to an activating group) is 1. The van der Waals surface area contributed by atoms with Crippen molar-refractivity contribution in [3.8, 4) is 0 Å². The molecule has 0 aliphatic rings. The highest BCUT2D eigenvalue weighted by Crippen LogP contribution is 2.30. The van der Waals surface area contributed by atoms with Gasteiger partial charge >= 0.3 is 0 Å². The number of sulfonamides is 1. The Labute approximate surface area is 197 Å². The van der Waals surface area contributed by atoms with E-state index < -0.39 is 40.2 Å². The van der Waals surface area contributed by atoms with Crippen molar-refractivity contribution in [3.05, 3.63) is 63.9 Å². The molecule has 7 nitrogen and oxygen atoms in total. The van der Waals surface area contributed by atoms with Crippen LogP contribution in [0.2, 0.25) is 10.0 Å². The van der Waals surface area contributed by atoms with Gasteiger partial charge in [0.05, 0.1) is 17.0 Å². The molecular formula is C21H24Cl2FN3O4S. The highest BCUT2D eigenvalue weighted by molar-refractivity contribution is 7.92. The standard InChI is InChI=1S/C21H24Cl2FN3O4S/c1-4-25-21(29)14(2)26(12-15-7-5-6-8-18(15)24)20(28)13-27(32(3,30)31)19-10-9-16(22)11-17(19)23/h5-11,14H,4,12-13H2,1-3H3,(H,25,29). The second kappa shape index (κ2) is 11.0. The van der Waals surface area contributed by atoms with Crippen molar-refractivity contribution in [3.63, 3.8) is 0 Å². The highest BCUT2D eigenvalue weighted by Gasteiger charge is 2.31. The van der Waals surface area contributed by atoms with Crippen molar-refractivity contribution in [1.29, 1.82) is 0 Å². The number of nitrogens with one attached hydrogen (secondary N) is 1. The molecule has 0 aliphatic heterocycles. The molecule has 2 aromatic rings. The van der Waals surface area contributed by atoms with Gasteiger partial charge in [0, 0.05) is 23.7 Å². The lowest BCUT2D eigenvalue weighted by Crippen LogP contribution is -2.51. The van der Waals surface area contributed by atoms with Gasteiger partial charge in [-0.15, -0.1) is 0 Å². The summed E-state index contributed by atoms with van der Waals surface area (Å²) in [6.45, 7) is 2.68. The maximum Gasteiger partial charge on any atom is 0.244 e. The van der Waals surface area contributed by atoms with Crippen LogP contribution in [0.25, 0.3) is 0 Å². The molecule has 0 saturated heterocycles. The molecule has 0 saturated carbocycles. The maximum absolute atomic E-state index is 14.3. The number of nitrogens with zero attached hydrogens (tertiary/aromatic N) is 2. The molecule has 1 unspecified atom stereocenters. The number of carbonyl (C=O) groups is 2. The monoisotopic (exact) mass is 503 g/mol. The number of anilines is 1. The average Bonchev–Trinajstić information content (AvgIpc) is 2.70. The third kappa shape index (κ3) is 6.57. The minimum Gasteiger partial charge on any atom is -0.355 e. The van der Waals surface area contributed by atoms with Crippen LogP contribution >= 0.6 is 23.2 Å². The Morgan fingerprint density at radius 2 is 1.81 bits per heavy atom. The van der Waals surface area contributed by atoms with Gasteiger partial charge in [-0.05, 0) is 38.1 Å². The van der Waals surface area contributed by atoms with Crippen LogP contribution in [0.15, 0.2) is 42.5 Å². The van der Waals surface area contributed by atoms with Crippen molar-refractivity contribution < 1.29 is 22.4 Å². The fraction of sp³-hybridized carbons (Fsp3) is 0.333. The molecule has 0 bridgehead atoms. The number of rotatable bonds is 9. The smallest absolute Gasteiger partial charge is 0.244 e. The first-order chi connectivity index (χ1) is 15.0. The van der Waals surface area contributed by atoms with E-state index >= 15 is 0 Å². The van der Waals surface area contributed by atoms with Gasteiger partial charge in [-0.25, -0.2) is 12.8 Å². The molecule has 1 atom stereocenters. The lowest BCUT2D eigenvalue weighted by atomic mass is 10.1. The van der Waals surface area contributed by atoms with Gasteiger partial charge in [-0.1, -0.05) is 41.4 Å². The molecule has 0 radical (unpaired) electrons. The molecule has 2 amide bonds. The number of hydrogen-bond acceptors (Lipinski definition) is 4. The number of benzene rings is 2. The summed E-state index contributed by atoms with van der Waals surface area (Å²) in [6, 6.07) is 9.04. The number of hydrogen-bond donors (Lipinski definition) is 1. The summed E-state index contributed by atoms with van der Waals surface area (Å²) >= 11 is 12.1. The first kappa shape index (κ1) is 25.9. The normalized spacial score (nSPS) is 12.2. The SMILES string of the molecule is CCNC(=O)C(C)N(Cc1ccccc1F)C(=O)CN(c1ccc(Cl)cc1Cl)S(C)(=O)=O. The third-order valence-electron chi connectivity index (χ3n) is 4.67. The molecule has 0 fully saturated rings. The Kier molecular flexibility index (Phi) is 8.89. The quantitative estimate of drug-likeness (QED) is 0.567. The van der Waals surface area contributed by atoms with Crippen LogP contribution in [-0.4, -0.2) is 50.5 Å². The van der Waals surface area contributed by atoms with E-state index in [4.69, 9.17) is 23.2 Å². The van der Waals surface area contributed by atoms with Crippen molar-refractivity contribution in [2.45, 2.75) is 26.4 Å². The molecule has 0 heterocycles. The predicted octanol–water partition coefficient (Wildman–Crippen LogP) is 3.45. The Balaban J connectivity index is 2.43. The zero-order chi connectivity index (χ0) is 24.1. The molecule has 1 N–H and O–H groups in total. The van der Waals surface area contributed by atoms with Crippen molar-refractivity contribution >= 4 is 50.7 Å². The van der Waals surface area contributed by atoms with Crippen LogP contribution in [0, 0.1) is 5.82 Å². The zero-order valence-electron chi connectivity index (χ0n) is 17.8. The topological polar surface area (TPSA) is 86.8 Å². The van der Waals surface area contributed by atoms with Crippen LogP contribution in [0.5, 0.6) is 0 Å². The molecule has 11 heteroatoms. The number of carbonyl (C=O) groups excluding carboxylic acids is 2. The first-order valence-corrected chi connectivity index (χ1v) is 12.3. The summed E-state index contributed by atoms with van der Waals surface area (Å²) in [5, 5.41) is 2.95. The average molecular weight is 504 g/mol. The summed E-state index contributed by atoms with van der Waals surface area (Å²) in [4.78, 5) is 26.8. The van der Waals surface area contributed by atoms with E-state index in [-0.39, 0.29) is 22.8 Å². The van der Waals surface area contributed by atoms with Crippen LogP contribution in [-0.2, 0) is 26.2 Å². The van der Waals surface area contributed by atoms with E-state index in [1.807, 2.05) is 0 Å². The Morgan fingerprint density at radius 3 is 2.38 bits per heavy atom. The largest absolute Gasteiger partial charge is 0.355 e. The minimum absolute atomic E-state index is 0.0353. The Hall–Kier alpha value is -2.36. The van der Waals surface area contributed by atoms with Crippen LogP contribution in [0.3, 0.4) is 0 Å². The van der Waals surface area contributed by atoms with Gasteiger partial charge in [0.15, 0.2) is 0 Å². The fourth-order valence-corrected chi connectivity index (χ4v) is 4.42. The maximum atomic E-state index is 14.3. The van der Waals surface area contributed by atoms with E-state index in [9.17, 15) is 22.4 Å². The molecule has 0 spiro atoms. The zero-order valence-corrected chi connectivity index (χ0v) is 20.1. The minimum atomic E-state index is -3.94. The fourth-order valence-electron chi connectivity index (χ4n) is 2.99. The van der Waals surface area contributed by atoms with E-state index in [0.717, 1.165) is 15.5 Å². The van der Waals surface area contributed by atoms with Gasteiger partial charge in [-0.2, -0.15) is 0 Å². The second-order valence-corrected chi connectivity index (χ2v) is 9.80. The van der Waals surface area contributed by atoms with Gasteiger partial charge in [-0.3, -0.25) is 13.9 Å². The van der Waals surface area contributed by atoms with Crippen LogP contribution in [0.4, 0.5) is 10.1 Å². The molecule has 2 aromatic carbocycles. The van der Waals surface area contributed by atoms with Gasteiger partial charge in [0.1, 0.15) is 18.4 Å². The predicted molar refractivity (Wildman–Crippen MR) is 124 cm³/mol. The van der Waals surface area contributed by atoms with Crippen LogP contribution in [0.1, 0.15) is 19.4 Å². The first-order valence-electron chi connectivity index (χ1n) is 9.69. The Morgan fingerprint density at radius 1 is 1.16 bits per heavy atom. The molecule has 174 valence electrons. The molecule has 32 heavy (non-hydrogen) atoms. The van der Waals surface area contributed by atoms with Crippen molar-refractivity contribution in [2.75, 3.05) is 23.7 Å². The van der Waals surface area contributed by atoms with Crippen molar-refractivity contribution in [1.82, 2.24) is 10.2 Å². The summed E-state index contributed by atoms with van der Waals surface area (Å²) < 4.78 is 40.0. The van der Waals surface area contributed by atoms with E-state index in [1.54, 1.807) is 13.0 Å². The van der Waals surface area contributed by atoms with Gasteiger partial charge in [0.2, 0.25) is 21.8 Å². The van der Waals surface area contributed by atoms with Gasteiger partial charge < -0.3 is 10.2 Å². The summed E-state index contributed by atoms with van der Waals surface area (Å²) in [5.74, 6) is -1.70. The molecule has 0 aliphatic carbocycles. The molecular weight excluding hydrogens is 480 g/mol.